The Hall–Kier alpha value is -1.62. The Morgan fingerprint density at radius 2 is 2.17 bits per heavy atom. The van der Waals surface area contributed by atoms with Crippen LogP contribution in [-0.4, -0.2) is 39.5 Å². The Labute approximate surface area is 109 Å². The first-order valence-corrected chi connectivity index (χ1v) is 6.12. The molecule has 1 N–H and O–H groups in total. The highest BCUT2D eigenvalue weighted by Gasteiger charge is 2.32. The third-order valence-electron chi connectivity index (χ3n) is 3.00. The lowest BCUT2D eigenvalue weighted by Gasteiger charge is -2.32. The third kappa shape index (κ3) is 2.61. The summed E-state index contributed by atoms with van der Waals surface area (Å²) in [6.07, 6.45) is 3.53. The second-order valence-corrected chi connectivity index (χ2v) is 4.65. The molecule has 6 heteroatoms. The minimum atomic E-state index is -0.961. The van der Waals surface area contributed by atoms with Crippen molar-refractivity contribution in [2.75, 3.05) is 6.54 Å². The highest BCUT2D eigenvalue weighted by Crippen LogP contribution is 2.19. The molecular weight excluding hydrogens is 256 g/mol. The maximum Gasteiger partial charge on any atom is 0.326 e. The molecule has 96 valence electrons. The predicted molar refractivity (Wildman–Crippen MR) is 65.6 cm³/mol. The van der Waals surface area contributed by atoms with E-state index < -0.39 is 12.0 Å². The monoisotopic (exact) mass is 268 g/mol. The van der Waals surface area contributed by atoms with E-state index >= 15 is 0 Å². The van der Waals surface area contributed by atoms with Crippen molar-refractivity contribution in [3.63, 3.8) is 0 Å². The van der Waals surface area contributed by atoms with Gasteiger partial charge in [-0.2, -0.15) is 0 Å². The number of carbonyl (C=O) groups excluding carboxylic acids is 1. The number of aliphatic carboxylic acids is 1. The van der Waals surface area contributed by atoms with E-state index in [9.17, 15) is 9.59 Å². The van der Waals surface area contributed by atoms with Crippen molar-refractivity contribution in [3.8, 4) is 0 Å². The number of carboxylic acids is 1. The molecule has 18 heavy (non-hydrogen) atoms. The summed E-state index contributed by atoms with van der Waals surface area (Å²) in [5.41, 5.74) is 0.229. The summed E-state index contributed by atoms with van der Waals surface area (Å²) in [7, 11) is 0. The predicted octanol–water partition coefficient (Wildman–Crippen LogP) is 1.81. The van der Waals surface area contributed by atoms with E-state index in [0.717, 1.165) is 12.8 Å². The number of pyridine rings is 1. The third-order valence-corrected chi connectivity index (χ3v) is 3.22. The zero-order valence-electron chi connectivity index (χ0n) is 9.67. The Bertz CT molecular complexity index is 461. The lowest BCUT2D eigenvalue weighted by atomic mass is 10.0. The maximum atomic E-state index is 12.2. The SMILES string of the molecule is O=C(O)[C@@H]1CCCCN1C(=O)c1ccc(Cl)cn1. The smallest absolute Gasteiger partial charge is 0.326 e. The molecule has 1 fully saturated rings. The summed E-state index contributed by atoms with van der Waals surface area (Å²) in [6.45, 7) is 0.458. The van der Waals surface area contributed by atoms with Gasteiger partial charge in [0, 0.05) is 12.7 Å². The normalized spacial score (nSPS) is 19.6. The molecule has 1 amide bonds. The molecule has 0 aliphatic carbocycles. The van der Waals surface area contributed by atoms with Crippen LogP contribution in [0.1, 0.15) is 29.8 Å². The fourth-order valence-electron chi connectivity index (χ4n) is 2.08. The number of carbonyl (C=O) groups is 2. The molecule has 0 aromatic carbocycles. The first-order chi connectivity index (χ1) is 8.59. The van der Waals surface area contributed by atoms with E-state index in [-0.39, 0.29) is 11.6 Å². The minimum absolute atomic E-state index is 0.229. The van der Waals surface area contributed by atoms with Gasteiger partial charge in [-0.25, -0.2) is 9.78 Å². The average molecular weight is 269 g/mol. The highest BCUT2D eigenvalue weighted by molar-refractivity contribution is 6.30. The van der Waals surface area contributed by atoms with E-state index in [1.807, 2.05) is 0 Å². The zero-order chi connectivity index (χ0) is 13.1. The van der Waals surface area contributed by atoms with Crippen molar-refractivity contribution in [2.24, 2.45) is 0 Å². The molecule has 0 unspecified atom stereocenters. The summed E-state index contributed by atoms with van der Waals surface area (Å²) in [5.74, 6) is -1.31. The topological polar surface area (TPSA) is 70.5 Å². The van der Waals surface area contributed by atoms with Crippen molar-refractivity contribution in [1.29, 1.82) is 0 Å². The van der Waals surface area contributed by atoms with E-state index in [4.69, 9.17) is 16.7 Å². The Balaban J connectivity index is 2.20. The van der Waals surface area contributed by atoms with Crippen molar-refractivity contribution in [2.45, 2.75) is 25.3 Å². The lowest BCUT2D eigenvalue weighted by molar-refractivity contribution is -0.143. The summed E-state index contributed by atoms with van der Waals surface area (Å²) in [5, 5.41) is 9.56. The molecule has 0 radical (unpaired) electrons. The minimum Gasteiger partial charge on any atom is -0.480 e. The Kier molecular flexibility index (Phi) is 3.81. The summed E-state index contributed by atoms with van der Waals surface area (Å²) >= 11 is 5.70. The van der Waals surface area contributed by atoms with Gasteiger partial charge in [0.2, 0.25) is 0 Å². The van der Waals surface area contributed by atoms with Crippen molar-refractivity contribution >= 4 is 23.5 Å². The van der Waals surface area contributed by atoms with Crippen LogP contribution in [-0.2, 0) is 4.79 Å². The molecular formula is C12H13ClN2O3. The molecule has 5 nitrogen and oxygen atoms in total. The van der Waals surface area contributed by atoms with Crippen molar-refractivity contribution < 1.29 is 14.7 Å². The number of hydrogen-bond acceptors (Lipinski definition) is 3. The quantitative estimate of drug-likeness (QED) is 0.888. The second kappa shape index (κ2) is 5.35. The number of halogens is 1. The number of hydrogen-bond donors (Lipinski definition) is 1. The first-order valence-electron chi connectivity index (χ1n) is 5.75. The number of rotatable bonds is 2. The molecule has 0 saturated carbocycles. The standard InChI is InChI=1S/C12H13ClN2O3/c13-8-4-5-9(14-7-8)11(16)15-6-2-1-3-10(15)12(17)18/h4-5,7,10H,1-3,6H2,(H,17,18)/t10-/m0/s1. The van der Waals surface area contributed by atoms with Gasteiger partial charge in [-0.15, -0.1) is 0 Å². The number of amides is 1. The number of nitrogens with zero attached hydrogens (tertiary/aromatic N) is 2. The van der Waals surface area contributed by atoms with Crippen LogP contribution in [0.3, 0.4) is 0 Å². The van der Waals surface area contributed by atoms with Gasteiger partial charge in [-0.05, 0) is 31.4 Å². The molecule has 1 saturated heterocycles. The number of likely N-dealkylation sites (tertiary alicyclic amines) is 1. The molecule has 1 aliphatic rings. The van der Waals surface area contributed by atoms with Gasteiger partial charge in [-0.3, -0.25) is 4.79 Å². The average Bonchev–Trinajstić information content (AvgIpc) is 2.39. The van der Waals surface area contributed by atoms with Gasteiger partial charge in [0.05, 0.1) is 5.02 Å². The second-order valence-electron chi connectivity index (χ2n) is 4.21. The molecule has 0 spiro atoms. The van der Waals surface area contributed by atoms with Crippen LogP contribution in [0, 0.1) is 0 Å². The van der Waals surface area contributed by atoms with Gasteiger partial charge in [-0.1, -0.05) is 11.6 Å². The molecule has 1 atom stereocenters. The van der Waals surface area contributed by atoms with Crippen LogP contribution in [0.5, 0.6) is 0 Å². The fraction of sp³-hybridized carbons (Fsp3) is 0.417. The molecule has 1 aliphatic heterocycles. The number of aromatic nitrogens is 1. The Morgan fingerprint density at radius 3 is 2.78 bits per heavy atom. The molecule has 1 aromatic rings. The molecule has 2 heterocycles. The zero-order valence-corrected chi connectivity index (χ0v) is 10.4. The van der Waals surface area contributed by atoms with Crippen LogP contribution in [0.15, 0.2) is 18.3 Å². The van der Waals surface area contributed by atoms with Crippen LogP contribution < -0.4 is 0 Å². The van der Waals surface area contributed by atoms with Crippen LogP contribution in [0.25, 0.3) is 0 Å². The van der Waals surface area contributed by atoms with Gasteiger partial charge >= 0.3 is 5.97 Å². The van der Waals surface area contributed by atoms with Gasteiger partial charge in [0.15, 0.2) is 0 Å². The fourth-order valence-corrected chi connectivity index (χ4v) is 2.19. The molecule has 2 rings (SSSR count). The van der Waals surface area contributed by atoms with E-state index in [1.54, 1.807) is 6.07 Å². The van der Waals surface area contributed by atoms with Crippen LogP contribution >= 0.6 is 11.6 Å². The molecule has 1 aromatic heterocycles. The lowest BCUT2D eigenvalue weighted by Crippen LogP contribution is -2.48. The number of piperidine rings is 1. The van der Waals surface area contributed by atoms with Crippen LogP contribution in [0.4, 0.5) is 0 Å². The van der Waals surface area contributed by atoms with E-state index in [0.29, 0.717) is 18.0 Å². The van der Waals surface area contributed by atoms with Crippen LogP contribution in [0.2, 0.25) is 5.02 Å². The summed E-state index contributed by atoms with van der Waals surface area (Å²) in [4.78, 5) is 28.6. The van der Waals surface area contributed by atoms with E-state index in [2.05, 4.69) is 4.98 Å². The highest BCUT2D eigenvalue weighted by atomic mass is 35.5. The summed E-state index contributed by atoms with van der Waals surface area (Å²) < 4.78 is 0. The largest absolute Gasteiger partial charge is 0.480 e. The maximum absolute atomic E-state index is 12.2. The van der Waals surface area contributed by atoms with Gasteiger partial charge < -0.3 is 10.0 Å². The van der Waals surface area contributed by atoms with Gasteiger partial charge in [0.25, 0.3) is 5.91 Å². The van der Waals surface area contributed by atoms with Crippen molar-refractivity contribution in [1.82, 2.24) is 9.88 Å². The summed E-state index contributed by atoms with van der Waals surface area (Å²) in [6, 6.07) is 2.34. The van der Waals surface area contributed by atoms with Crippen molar-refractivity contribution in [3.05, 3.63) is 29.0 Å². The molecule has 0 bridgehead atoms. The first kappa shape index (κ1) is 12.8. The Morgan fingerprint density at radius 1 is 1.39 bits per heavy atom. The van der Waals surface area contributed by atoms with Gasteiger partial charge in [0.1, 0.15) is 11.7 Å². The van der Waals surface area contributed by atoms with E-state index in [1.165, 1.54) is 17.2 Å². The number of carboxylic acid groups (broad SMARTS) is 1.